The molecule has 2 amide bonds. The maximum absolute atomic E-state index is 12.9. The van der Waals surface area contributed by atoms with Crippen LogP contribution in [0.2, 0.25) is 0 Å². The SMILES string of the molecule is CCC(C)C(NC(=O)c1ccccc1)C(=O)Nc1nnc(-c2cccc(OC)c2)s1. The van der Waals surface area contributed by atoms with Gasteiger partial charge in [-0.1, -0.05) is 61.9 Å². The first-order valence-corrected chi connectivity index (χ1v) is 10.5. The van der Waals surface area contributed by atoms with E-state index < -0.39 is 6.04 Å². The second-order valence-corrected chi connectivity index (χ2v) is 7.81. The molecule has 7 nitrogen and oxygen atoms in total. The summed E-state index contributed by atoms with van der Waals surface area (Å²) in [6.07, 6.45) is 0.734. The van der Waals surface area contributed by atoms with Gasteiger partial charge in [-0.15, -0.1) is 10.2 Å². The quantitative estimate of drug-likeness (QED) is 0.570. The van der Waals surface area contributed by atoms with E-state index in [1.165, 1.54) is 11.3 Å². The summed E-state index contributed by atoms with van der Waals surface area (Å²) in [7, 11) is 1.60. The van der Waals surface area contributed by atoms with E-state index in [0.717, 1.165) is 12.0 Å². The molecule has 30 heavy (non-hydrogen) atoms. The van der Waals surface area contributed by atoms with Gasteiger partial charge >= 0.3 is 0 Å². The highest BCUT2D eigenvalue weighted by Gasteiger charge is 2.27. The summed E-state index contributed by atoms with van der Waals surface area (Å²) in [5, 5.41) is 14.9. The lowest BCUT2D eigenvalue weighted by atomic mass is 9.98. The lowest BCUT2D eigenvalue weighted by molar-refractivity contribution is -0.119. The van der Waals surface area contributed by atoms with Gasteiger partial charge < -0.3 is 10.1 Å². The third-order valence-electron chi connectivity index (χ3n) is 4.79. The fourth-order valence-electron chi connectivity index (χ4n) is 2.85. The number of hydrogen-bond acceptors (Lipinski definition) is 6. The van der Waals surface area contributed by atoms with Crippen LogP contribution in [0.25, 0.3) is 10.6 Å². The number of amides is 2. The van der Waals surface area contributed by atoms with E-state index in [-0.39, 0.29) is 17.7 Å². The first-order valence-electron chi connectivity index (χ1n) is 9.66. The van der Waals surface area contributed by atoms with E-state index in [1.807, 2.05) is 44.2 Å². The summed E-state index contributed by atoms with van der Waals surface area (Å²) in [6, 6.07) is 15.6. The zero-order valence-corrected chi connectivity index (χ0v) is 17.9. The Balaban J connectivity index is 1.73. The van der Waals surface area contributed by atoms with Crippen LogP contribution in [0.4, 0.5) is 5.13 Å². The van der Waals surface area contributed by atoms with E-state index in [2.05, 4.69) is 20.8 Å². The van der Waals surface area contributed by atoms with Gasteiger partial charge in [0.15, 0.2) is 0 Å². The molecule has 2 atom stereocenters. The van der Waals surface area contributed by atoms with Crippen LogP contribution >= 0.6 is 11.3 Å². The summed E-state index contributed by atoms with van der Waals surface area (Å²) >= 11 is 1.26. The Morgan fingerprint density at radius 1 is 1.10 bits per heavy atom. The molecule has 0 aliphatic carbocycles. The van der Waals surface area contributed by atoms with E-state index in [0.29, 0.717) is 21.5 Å². The van der Waals surface area contributed by atoms with Crippen molar-refractivity contribution < 1.29 is 14.3 Å². The Morgan fingerprint density at radius 2 is 1.87 bits per heavy atom. The Hall–Kier alpha value is -3.26. The van der Waals surface area contributed by atoms with Crippen molar-refractivity contribution in [3.8, 4) is 16.3 Å². The topological polar surface area (TPSA) is 93.2 Å². The number of nitrogens with zero attached hydrogens (tertiary/aromatic N) is 2. The predicted octanol–water partition coefficient (Wildman–Crippen LogP) is 4.00. The minimum atomic E-state index is -0.688. The van der Waals surface area contributed by atoms with E-state index in [1.54, 1.807) is 31.4 Å². The predicted molar refractivity (Wildman–Crippen MR) is 118 cm³/mol. The zero-order valence-electron chi connectivity index (χ0n) is 17.1. The molecule has 2 N–H and O–H groups in total. The van der Waals surface area contributed by atoms with E-state index in [9.17, 15) is 9.59 Å². The number of rotatable bonds is 8. The molecule has 8 heteroatoms. The number of carbonyl (C=O) groups excluding carboxylic acids is 2. The van der Waals surface area contributed by atoms with Gasteiger partial charge in [0, 0.05) is 11.1 Å². The highest BCUT2D eigenvalue weighted by atomic mass is 32.1. The summed E-state index contributed by atoms with van der Waals surface area (Å²) in [5.74, 6) is 0.0598. The number of ether oxygens (including phenoxy) is 1. The number of benzene rings is 2. The Bertz CT molecular complexity index is 1010. The summed E-state index contributed by atoms with van der Waals surface area (Å²) < 4.78 is 5.24. The highest BCUT2D eigenvalue weighted by molar-refractivity contribution is 7.18. The number of methoxy groups -OCH3 is 1. The van der Waals surface area contributed by atoms with Crippen LogP contribution in [0.5, 0.6) is 5.75 Å². The fourth-order valence-corrected chi connectivity index (χ4v) is 3.59. The molecule has 3 rings (SSSR count). The molecule has 0 aliphatic heterocycles. The average Bonchev–Trinajstić information content (AvgIpc) is 3.25. The molecular weight excluding hydrogens is 400 g/mol. The second-order valence-electron chi connectivity index (χ2n) is 6.84. The third-order valence-corrected chi connectivity index (χ3v) is 5.68. The molecule has 0 saturated heterocycles. The summed E-state index contributed by atoms with van der Waals surface area (Å²) in [4.78, 5) is 25.5. The molecule has 0 spiro atoms. The molecule has 1 heterocycles. The van der Waals surface area contributed by atoms with Crippen LogP contribution < -0.4 is 15.4 Å². The van der Waals surface area contributed by atoms with Gasteiger partial charge in [-0.25, -0.2) is 0 Å². The summed E-state index contributed by atoms with van der Waals surface area (Å²) in [5.41, 5.74) is 1.36. The molecule has 156 valence electrons. The number of hydrogen-bond donors (Lipinski definition) is 2. The minimum Gasteiger partial charge on any atom is -0.497 e. The van der Waals surface area contributed by atoms with Crippen molar-refractivity contribution in [1.29, 1.82) is 0 Å². The van der Waals surface area contributed by atoms with Gasteiger partial charge in [0.1, 0.15) is 16.8 Å². The van der Waals surface area contributed by atoms with Crippen LogP contribution in [0.15, 0.2) is 54.6 Å². The van der Waals surface area contributed by atoms with Gasteiger partial charge in [0.25, 0.3) is 5.91 Å². The lowest BCUT2D eigenvalue weighted by Crippen LogP contribution is -2.47. The van der Waals surface area contributed by atoms with Crippen molar-refractivity contribution in [2.45, 2.75) is 26.3 Å². The number of anilines is 1. The van der Waals surface area contributed by atoms with Crippen molar-refractivity contribution in [3.05, 3.63) is 60.2 Å². The fraction of sp³-hybridized carbons (Fsp3) is 0.273. The minimum absolute atomic E-state index is 0.0524. The molecule has 0 aliphatic rings. The van der Waals surface area contributed by atoms with E-state index >= 15 is 0 Å². The van der Waals surface area contributed by atoms with Crippen molar-refractivity contribution >= 4 is 28.3 Å². The van der Waals surface area contributed by atoms with E-state index in [4.69, 9.17) is 4.74 Å². The van der Waals surface area contributed by atoms with Crippen molar-refractivity contribution in [2.75, 3.05) is 12.4 Å². The number of aromatic nitrogens is 2. The van der Waals surface area contributed by atoms with Gasteiger partial charge in [0.2, 0.25) is 11.0 Å². The Morgan fingerprint density at radius 3 is 2.57 bits per heavy atom. The molecule has 1 aromatic heterocycles. The van der Waals surface area contributed by atoms with Gasteiger partial charge in [-0.05, 0) is 30.2 Å². The largest absolute Gasteiger partial charge is 0.497 e. The van der Waals surface area contributed by atoms with Gasteiger partial charge in [-0.2, -0.15) is 0 Å². The Kier molecular flexibility index (Phi) is 7.13. The molecule has 0 fully saturated rings. The van der Waals surface area contributed by atoms with Crippen LogP contribution in [0.1, 0.15) is 30.6 Å². The first kappa shape index (κ1) is 21.4. The van der Waals surface area contributed by atoms with Crippen molar-refractivity contribution in [3.63, 3.8) is 0 Å². The van der Waals surface area contributed by atoms with Crippen LogP contribution in [-0.4, -0.2) is 35.2 Å². The standard InChI is InChI=1S/C22H24N4O3S/c1-4-14(2)18(23-19(27)15-9-6-5-7-10-15)20(28)24-22-26-25-21(30-22)16-11-8-12-17(13-16)29-3/h5-14,18H,4H2,1-3H3,(H,23,27)(H,24,26,28). The molecular formula is C22H24N4O3S. The van der Waals surface area contributed by atoms with Crippen LogP contribution in [0, 0.1) is 5.92 Å². The van der Waals surface area contributed by atoms with Crippen LogP contribution in [0.3, 0.4) is 0 Å². The number of carbonyl (C=O) groups is 2. The molecule has 2 unspecified atom stereocenters. The normalized spacial score (nSPS) is 12.6. The third kappa shape index (κ3) is 5.21. The molecule has 0 radical (unpaired) electrons. The maximum atomic E-state index is 12.9. The molecule has 0 bridgehead atoms. The molecule has 0 saturated carbocycles. The van der Waals surface area contributed by atoms with Crippen molar-refractivity contribution in [2.24, 2.45) is 5.92 Å². The summed E-state index contributed by atoms with van der Waals surface area (Å²) in [6.45, 7) is 3.91. The second kappa shape index (κ2) is 9.98. The van der Waals surface area contributed by atoms with Crippen molar-refractivity contribution in [1.82, 2.24) is 15.5 Å². The molecule has 2 aromatic carbocycles. The molecule has 3 aromatic rings. The highest BCUT2D eigenvalue weighted by Crippen LogP contribution is 2.29. The average molecular weight is 425 g/mol. The first-order chi connectivity index (χ1) is 14.5. The zero-order chi connectivity index (χ0) is 21.5. The maximum Gasteiger partial charge on any atom is 0.251 e. The number of nitrogens with one attached hydrogen (secondary N) is 2. The van der Waals surface area contributed by atoms with Gasteiger partial charge in [0.05, 0.1) is 7.11 Å². The smallest absolute Gasteiger partial charge is 0.251 e. The van der Waals surface area contributed by atoms with Crippen LogP contribution in [-0.2, 0) is 4.79 Å². The lowest BCUT2D eigenvalue weighted by Gasteiger charge is -2.23. The Labute approximate surface area is 179 Å². The monoisotopic (exact) mass is 424 g/mol. The van der Waals surface area contributed by atoms with Gasteiger partial charge in [-0.3, -0.25) is 14.9 Å².